The number of hydrogen-bond donors (Lipinski definition) is 1. The number of benzene rings is 2. The average molecular weight is 533 g/mol. The van der Waals surface area contributed by atoms with Crippen molar-refractivity contribution < 1.29 is 22.7 Å². The number of carbonyl (C=O) groups is 1. The van der Waals surface area contributed by atoms with Gasteiger partial charge in [-0.2, -0.15) is 14.6 Å². The van der Waals surface area contributed by atoms with Crippen LogP contribution in [0.1, 0.15) is 18.1 Å². The molecule has 0 fully saturated rings. The Hall–Kier alpha value is -3.46. The lowest BCUT2D eigenvalue weighted by Gasteiger charge is -2.09. The third-order valence-electron chi connectivity index (χ3n) is 4.59. The van der Waals surface area contributed by atoms with E-state index in [2.05, 4.69) is 14.7 Å². The van der Waals surface area contributed by atoms with E-state index in [1.165, 1.54) is 13.0 Å². The maximum Gasteiger partial charge on any atom is 0.268 e. The number of rotatable bonds is 10. The van der Waals surface area contributed by atoms with Gasteiger partial charge in [0.1, 0.15) is 36.4 Å². The van der Waals surface area contributed by atoms with E-state index in [0.29, 0.717) is 35.3 Å². The van der Waals surface area contributed by atoms with E-state index in [-0.39, 0.29) is 21.6 Å². The number of amides is 1. The number of nitrogens with one attached hydrogen (secondary N) is 1. The number of carbonyl (C=O) groups excluding carboxylic acids is 1. The maximum atomic E-state index is 12.4. The van der Waals surface area contributed by atoms with Gasteiger partial charge in [-0.1, -0.05) is 30.7 Å². The van der Waals surface area contributed by atoms with E-state index in [0.717, 1.165) is 17.1 Å². The number of sulfone groups is 1. The minimum Gasteiger partial charge on any atom is -0.490 e. The van der Waals surface area contributed by atoms with E-state index in [9.17, 15) is 18.5 Å². The van der Waals surface area contributed by atoms with Crippen molar-refractivity contribution >= 4 is 50.1 Å². The quantitative estimate of drug-likeness (QED) is 0.232. The van der Waals surface area contributed by atoms with Crippen LogP contribution in [0.5, 0.6) is 11.5 Å². The average Bonchev–Trinajstić information content (AvgIpc) is 3.32. The lowest BCUT2D eigenvalue weighted by molar-refractivity contribution is -0.112. The first-order valence-electron chi connectivity index (χ1n) is 10.3. The van der Waals surface area contributed by atoms with Crippen molar-refractivity contribution in [2.24, 2.45) is 0 Å². The zero-order valence-electron chi connectivity index (χ0n) is 18.8. The second-order valence-corrected chi connectivity index (χ2v) is 10.4. The van der Waals surface area contributed by atoms with Crippen molar-refractivity contribution in [1.29, 1.82) is 5.26 Å². The normalized spacial score (nSPS) is 11.5. The second kappa shape index (κ2) is 11.8. The van der Waals surface area contributed by atoms with E-state index < -0.39 is 15.7 Å². The minimum absolute atomic E-state index is 0.0112. The first-order valence-corrected chi connectivity index (χ1v) is 13.1. The number of nitriles is 1. The van der Waals surface area contributed by atoms with Crippen molar-refractivity contribution in [2.75, 3.05) is 24.3 Å². The predicted molar refractivity (Wildman–Crippen MR) is 133 cm³/mol. The van der Waals surface area contributed by atoms with Crippen LogP contribution in [0.25, 0.3) is 6.08 Å². The standard InChI is InChI=1S/C23H21ClN4O5S2/c1-3-35(30,31)23-27-22(34-28-23)26-21(29)17(14-25)13-16-4-6-18(7-5-16)32-10-11-33-19-8-9-20(24)15(2)12-19/h4-9,12-13H,3,10-11H2,1-2H3,(H,26,27,28,29)/b17-13-. The number of ether oxygens (including phenoxy) is 2. The summed E-state index contributed by atoms with van der Waals surface area (Å²) < 4.78 is 38.7. The monoisotopic (exact) mass is 532 g/mol. The molecule has 0 atom stereocenters. The Morgan fingerprint density at radius 2 is 1.83 bits per heavy atom. The molecule has 9 nitrogen and oxygen atoms in total. The Bertz CT molecular complexity index is 1380. The summed E-state index contributed by atoms with van der Waals surface area (Å²) in [6, 6.07) is 14.0. The summed E-state index contributed by atoms with van der Waals surface area (Å²) in [4.78, 5) is 16.2. The topological polar surface area (TPSA) is 131 Å². The van der Waals surface area contributed by atoms with Gasteiger partial charge in [0.05, 0.1) is 5.75 Å². The summed E-state index contributed by atoms with van der Waals surface area (Å²) >= 11 is 6.72. The zero-order chi connectivity index (χ0) is 25.4. The van der Waals surface area contributed by atoms with Gasteiger partial charge in [-0.15, -0.1) is 0 Å². The zero-order valence-corrected chi connectivity index (χ0v) is 21.2. The molecule has 35 heavy (non-hydrogen) atoms. The summed E-state index contributed by atoms with van der Waals surface area (Å²) in [5.41, 5.74) is 1.35. The predicted octanol–water partition coefficient (Wildman–Crippen LogP) is 4.30. The lowest BCUT2D eigenvalue weighted by atomic mass is 10.1. The molecule has 1 heterocycles. The van der Waals surface area contributed by atoms with Gasteiger partial charge in [0.2, 0.25) is 15.0 Å². The molecule has 3 rings (SSSR count). The third-order valence-corrected chi connectivity index (χ3v) is 7.26. The van der Waals surface area contributed by atoms with E-state index >= 15 is 0 Å². The number of hydrogen-bond acceptors (Lipinski definition) is 9. The highest BCUT2D eigenvalue weighted by Gasteiger charge is 2.20. The van der Waals surface area contributed by atoms with E-state index in [1.807, 2.05) is 19.1 Å². The molecule has 0 spiro atoms. The molecular weight excluding hydrogens is 512 g/mol. The SMILES string of the molecule is CCS(=O)(=O)c1nsc(NC(=O)/C(C#N)=C\c2ccc(OCCOc3ccc(Cl)c(C)c3)cc2)n1. The molecule has 182 valence electrons. The Labute approximate surface area is 212 Å². The fourth-order valence-electron chi connectivity index (χ4n) is 2.68. The largest absolute Gasteiger partial charge is 0.490 e. The Morgan fingerprint density at radius 3 is 2.46 bits per heavy atom. The first kappa shape index (κ1) is 26.2. The maximum absolute atomic E-state index is 12.4. The van der Waals surface area contributed by atoms with Crippen LogP contribution in [0, 0.1) is 18.3 Å². The number of anilines is 1. The first-order chi connectivity index (χ1) is 16.7. The number of halogens is 1. The second-order valence-electron chi connectivity index (χ2n) is 7.09. The minimum atomic E-state index is -3.59. The Balaban J connectivity index is 1.54. The molecule has 0 aliphatic rings. The fraction of sp³-hybridized carbons (Fsp3) is 0.217. The molecule has 2 aromatic carbocycles. The van der Waals surface area contributed by atoms with Crippen molar-refractivity contribution in [3.05, 3.63) is 64.2 Å². The molecule has 0 aliphatic carbocycles. The molecule has 1 amide bonds. The van der Waals surface area contributed by atoms with Crippen LogP contribution in [-0.2, 0) is 14.6 Å². The smallest absolute Gasteiger partial charge is 0.268 e. The fourth-order valence-corrected chi connectivity index (χ4v) is 4.38. The molecule has 1 aromatic heterocycles. The molecule has 1 N–H and O–H groups in total. The number of aryl methyl sites for hydroxylation is 1. The summed E-state index contributed by atoms with van der Waals surface area (Å²) in [6.07, 6.45) is 1.40. The molecule has 0 aliphatic heterocycles. The van der Waals surface area contributed by atoms with Gasteiger partial charge in [-0.25, -0.2) is 8.42 Å². The van der Waals surface area contributed by atoms with Gasteiger partial charge in [0, 0.05) is 16.6 Å². The van der Waals surface area contributed by atoms with Gasteiger partial charge in [0.15, 0.2) is 0 Å². The van der Waals surface area contributed by atoms with Crippen LogP contribution >= 0.6 is 23.1 Å². The van der Waals surface area contributed by atoms with Crippen molar-refractivity contribution in [1.82, 2.24) is 9.36 Å². The Morgan fingerprint density at radius 1 is 1.17 bits per heavy atom. The van der Waals surface area contributed by atoms with Crippen LogP contribution < -0.4 is 14.8 Å². The highest BCUT2D eigenvalue weighted by atomic mass is 35.5. The van der Waals surface area contributed by atoms with Crippen LogP contribution in [0.3, 0.4) is 0 Å². The highest BCUT2D eigenvalue weighted by molar-refractivity contribution is 7.91. The molecule has 3 aromatic rings. The molecule has 0 bridgehead atoms. The van der Waals surface area contributed by atoms with E-state index in [4.69, 9.17) is 21.1 Å². The van der Waals surface area contributed by atoms with Gasteiger partial charge < -0.3 is 9.47 Å². The third kappa shape index (κ3) is 7.26. The summed E-state index contributed by atoms with van der Waals surface area (Å²) in [5.74, 6) is 0.420. The number of aromatic nitrogens is 2. The summed E-state index contributed by atoms with van der Waals surface area (Å²) in [5, 5.41) is 12.1. The van der Waals surface area contributed by atoms with Gasteiger partial charge in [-0.3, -0.25) is 10.1 Å². The number of nitrogens with zero attached hydrogens (tertiary/aromatic N) is 3. The summed E-state index contributed by atoms with van der Waals surface area (Å²) in [7, 11) is -3.59. The Kier molecular flexibility index (Phi) is 8.81. The van der Waals surface area contributed by atoms with Crippen molar-refractivity contribution in [3.63, 3.8) is 0 Å². The van der Waals surface area contributed by atoms with Crippen molar-refractivity contribution in [3.8, 4) is 17.6 Å². The van der Waals surface area contributed by atoms with E-state index in [1.54, 1.807) is 36.4 Å². The molecular formula is C23H21ClN4O5S2. The lowest BCUT2D eigenvalue weighted by Crippen LogP contribution is -2.13. The van der Waals surface area contributed by atoms with Crippen molar-refractivity contribution in [2.45, 2.75) is 19.0 Å². The van der Waals surface area contributed by atoms with Gasteiger partial charge in [-0.05, 0) is 54.5 Å². The van der Waals surface area contributed by atoms with Crippen LogP contribution in [0.2, 0.25) is 5.02 Å². The van der Waals surface area contributed by atoms with Crippen LogP contribution in [0.15, 0.2) is 53.2 Å². The molecule has 0 saturated carbocycles. The van der Waals surface area contributed by atoms with Gasteiger partial charge >= 0.3 is 0 Å². The molecule has 0 radical (unpaired) electrons. The molecule has 0 unspecified atom stereocenters. The molecule has 0 saturated heterocycles. The highest BCUT2D eigenvalue weighted by Crippen LogP contribution is 2.21. The van der Waals surface area contributed by atoms with Gasteiger partial charge in [0.25, 0.3) is 11.1 Å². The molecule has 12 heteroatoms. The summed E-state index contributed by atoms with van der Waals surface area (Å²) in [6.45, 7) is 4.03. The van der Waals surface area contributed by atoms with Crippen LogP contribution in [-0.4, -0.2) is 42.6 Å². The van der Waals surface area contributed by atoms with Crippen LogP contribution in [0.4, 0.5) is 5.13 Å².